The van der Waals surface area contributed by atoms with E-state index < -0.39 is 15.8 Å². The molecule has 0 bridgehead atoms. The molecule has 1 N–H and O–H groups in total. The van der Waals surface area contributed by atoms with Gasteiger partial charge < -0.3 is 10.2 Å². The smallest absolute Gasteiger partial charge is 0.243 e. The highest BCUT2D eigenvalue weighted by molar-refractivity contribution is 7.89. The molecule has 0 saturated carbocycles. The Kier molecular flexibility index (Phi) is 7.54. The van der Waals surface area contributed by atoms with Crippen molar-refractivity contribution in [3.8, 4) is 0 Å². The second-order valence-electron chi connectivity index (χ2n) is 9.14. The largest absolute Gasteiger partial charge is 0.347 e. The predicted molar refractivity (Wildman–Crippen MR) is 124 cm³/mol. The van der Waals surface area contributed by atoms with Gasteiger partial charge in [0.25, 0.3) is 0 Å². The van der Waals surface area contributed by atoms with Crippen LogP contribution in [0.25, 0.3) is 0 Å². The van der Waals surface area contributed by atoms with E-state index in [2.05, 4.69) is 26.1 Å². The normalized spacial score (nSPS) is 15.3. The molecular formula is C24H30FN3O4S. The van der Waals surface area contributed by atoms with Crippen molar-refractivity contribution in [1.29, 1.82) is 0 Å². The molecule has 1 aliphatic heterocycles. The Balaban J connectivity index is 1.50. The van der Waals surface area contributed by atoms with E-state index in [4.69, 9.17) is 0 Å². The number of halogens is 1. The van der Waals surface area contributed by atoms with Crippen LogP contribution in [-0.4, -0.2) is 62.2 Å². The molecule has 1 fully saturated rings. The van der Waals surface area contributed by atoms with Gasteiger partial charge in [0, 0.05) is 26.2 Å². The van der Waals surface area contributed by atoms with Gasteiger partial charge in [-0.05, 0) is 40.8 Å². The SMILES string of the molecule is CC(C)(C)c1ccc(S(=O)(=O)N2CCN(C(=O)CNC(=O)Cc3cccc(F)c3)CC2)cc1. The Hall–Kier alpha value is -2.78. The first kappa shape index (κ1) is 24.9. The molecule has 0 radical (unpaired) electrons. The predicted octanol–water partition coefficient (Wildman–Crippen LogP) is 2.32. The van der Waals surface area contributed by atoms with Crippen molar-refractivity contribution in [2.24, 2.45) is 0 Å². The lowest BCUT2D eigenvalue weighted by Crippen LogP contribution is -2.52. The fraction of sp³-hybridized carbons (Fsp3) is 0.417. The van der Waals surface area contributed by atoms with Crippen LogP contribution in [0.15, 0.2) is 53.4 Å². The minimum Gasteiger partial charge on any atom is -0.347 e. The lowest BCUT2D eigenvalue weighted by Gasteiger charge is -2.34. The van der Waals surface area contributed by atoms with E-state index in [0.717, 1.165) is 5.56 Å². The molecule has 1 saturated heterocycles. The fourth-order valence-corrected chi connectivity index (χ4v) is 5.06. The number of hydrogen-bond acceptors (Lipinski definition) is 4. The molecule has 178 valence electrons. The highest BCUT2D eigenvalue weighted by Gasteiger charge is 2.30. The molecule has 0 spiro atoms. The number of nitrogens with one attached hydrogen (secondary N) is 1. The molecule has 2 aromatic rings. The third kappa shape index (κ3) is 6.39. The highest BCUT2D eigenvalue weighted by atomic mass is 32.2. The standard InChI is InChI=1S/C24H30FN3O4S/c1-24(2,3)19-7-9-21(10-8-19)33(31,32)28-13-11-27(12-14-28)23(30)17-26-22(29)16-18-5-4-6-20(25)15-18/h4-10,15H,11-14,16-17H2,1-3H3,(H,26,29). The monoisotopic (exact) mass is 475 g/mol. The first-order valence-corrected chi connectivity index (χ1v) is 12.3. The first-order chi connectivity index (χ1) is 15.5. The number of nitrogens with zero attached hydrogens (tertiary/aromatic N) is 2. The third-order valence-corrected chi connectivity index (χ3v) is 7.55. The average molecular weight is 476 g/mol. The molecule has 0 unspecified atom stereocenters. The van der Waals surface area contributed by atoms with Crippen molar-refractivity contribution in [1.82, 2.24) is 14.5 Å². The number of sulfonamides is 1. The van der Waals surface area contributed by atoms with Gasteiger partial charge in [-0.1, -0.05) is 45.0 Å². The molecule has 2 aromatic carbocycles. The molecule has 9 heteroatoms. The number of hydrogen-bond donors (Lipinski definition) is 1. The van der Waals surface area contributed by atoms with Gasteiger partial charge in [0.05, 0.1) is 17.9 Å². The molecule has 0 aliphatic carbocycles. The van der Waals surface area contributed by atoms with Gasteiger partial charge >= 0.3 is 0 Å². The van der Waals surface area contributed by atoms with E-state index in [-0.39, 0.29) is 61.3 Å². The Morgan fingerprint density at radius 1 is 1.00 bits per heavy atom. The second-order valence-corrected chi connectivity index (χ2v) is 11.1. The van der Waals surface area contributed by atoms with E-state index in [1.54, 1.807) is 18.2 Å². The number of carbonyl (C=O) groups excluding carboxylic acids is 2. The minimum absolute atomic E-state index is 0.0228. The van der Waals surface area contributed by atoms with Gasteiger partial charge in [-0.25, -0.2) is 12.8 Å². The van der Waals surface area contributed by atoms with Crippen LogP contribution in [0.2, 0.25) is 0 Å². The number of amides is 2. The van der Waals surface area contributed by atoms with E-state index in [9.17, 15) is 22.4 Å². The molecule has 0 aromatic heterocycles. The maximum absolute atomic E-state index is 13.2. The lowest BCUT2D eigenvalue weighted by atomic mass is 9.87. The van der Waals surface area contributed by atoms with Gasteiger partial charge in [0.2, 0.25) is 21.8 Å². The van der Waals surface area contributed by atoms with E-state index >= 15 is 0 Å². The van der Waals surface area contributed by atoms with Crippen molar-refractivity contribution in [2.45, 2.75) is 37.5 Å². The quantitative estimate of drug-likeness (QED) is 0.695. The zero-order valence-electron chi connectivity index (χ0n) is 19.2. The summed E-state index contributed by atoms with van der Waals surface area (Å²) in [5, 5.41) is 2.55. The van der Waals surface area contributed by atoms with E-state index in [1.807, 2.05) is 12.1 Å². The molecule has 3 rings (SSSR count). The van der Waals surface area contributed by atoms with E-state index in [0.29, 0.717) is 5.56 Å². The molecular weight excluding hydrogens is 445 g/mol. The number of piperazine rings is 1. The van der Waals surface area contributed by atoms with Crippen molar-refractivity contribution >= 4 is 21.8 Å². The first-order valence-electron chi connectivity index (χ1n) is 10.9. The molecule has 33 heavy (non-hydrogen) atoms. The molecule has 2 amide bonds. The summed E-state index contributed by atoms with van der Waals surface area (Å²) >= 11 is 0. The van der Waals surface area contributed by atoms with Crippen LogP contribution in [0.5, 0.6) is 0 Å². The lowest BCUT2D eigenvalue weighted by molar-refractivity contribution is -0.133. The summed E-state index contributed by atoms with van der Waals surface area (Å²) < 4.78 is 40.6. The van der Waals surface area contributed by atoms with Crippen LogP contribution in [-0.2, 0) is 31.4 Å². The minimum atomic E-state index is -3.64. The summed E-state index contributed by atoms with van der Waals surface area (Å²) in [6.07, 6.45) is -0.0228. The summed E-state index contributed by atoms with van der Waals surface area (Å²) in [6.45, 7) is 6.88. The molecule has 1 aliphatic rings. The van der Waals surface area contributed by atoms with Crippen molar-refractivity contribution < 1.29 is 22.4 Å². The molecule has 0 atom stereocenters. The number of benzene rings is 2. The Labute approximate surface area is 194 Å². The molecule has 7 nitrogen and oxygen atoms in total. The number of rotatable bonds is 6. The van der Waals surface area contributed by atoms with Gasteiger partial charge in [-0.15, -0.1) is 0 Å². The summed E-state index contributed by atoms with van der Waals surface area (Å²) in [5.74, 6) is -1.09. The molecule has 1 heterocycles. The van der Waals surface area contributed by atoms with Gasteiger partial charge in [-0.2, -0.15) is 4.31 Å². The Morgan fingerprint density at radius 2 is 1.64 bits per heavy atom. The highest BCUT2D eigenvalue weighted by Crippen LogP contribution is 2.25. The summed E-state index contributed by atoms with van der Waals surface area (Å²) in [6, 6.07) is 12.7. The van der Waals surface area contributed by atoms with Gasteiger partial charge in [0.15, 0.2) is 0 Å². The maximum Gasteiger partial charge on any atom is 0.243 e. The summed E-state index contributed by atoms with van der Waals surface area (Å²) in [5.41, 5.74) is 1.51. The van der Waals surface area contributed by atoms with Crippen LogP contribution in [0, 0.1) is 5.82 Å². The van der Waals surface area contributed by atoms with Crippen molar-refractivity contribution in [3.05, 3.63) is 65.5 Å². The Bertz CT molecular complexity index is 1100. The van der Waals surface area contributed by atoms with Crippen molar-refractivity contribution in [3.63, 3.8) is 0 Å². The van der Waals surface area contributed by atoms with Gasteiger partial charge in [-0.3, -0.25) is 9.59 Å². The zero-order valence-corrected chi connectivity index (χ0v) is 20.0. The zero-order chi connectivity index (χ0) is 24.2. The van der Waals surface area contributed by atoms with Crippen LogP contribution >= 0.6 is 0 Å². The van der Waals surface area contributed by atoms with Crippen LogP contribution < -0.4 is 5.32 Å². The summed E-state index contributed by atoms with van der Waals surface area (Å²) in [4.78, 5) is 26.3. The van der Waals surface area contributed by atoms with Gasteiger partial charge in [0.1, 0.15) is 5.82 Å². The fourth-order valence-electron chi connectivity index (χ4n) is 3.63. The third-order valence-electron chi connectivity index (χ3n) is 5.64. The van der Waals surface area contributed by atoms with Crippen molar-refractivity contribution in [2.75, 3.05) is 32.7 Å². The summed E-state index contributed by atoms with van der Waals surface area (Å²) in [7, 11) is -3.64. The second kappa shape index (κ2) is 10.0. The maximum atomic E-state index is 13.2. The number of carbonyl (C=O) groups is 2. The Morgan fingerprint density at radius 3 is 2.21 bits per heavy atom. The topological polar surface area (TPSA) is 86.8 Å². The average Bonchev–Trinajstić information content (AvgIpc) is 2.77. The van der Waals surface area contributed by atoms with E-state index in [1.165, 1.54) is 27.4 Å². The van der Waals surface area contributed by atoms with Crippen LogP contribution in [0.1, 0.15) is 31.9 Å². The van der Waals surface area contributed by atoms with Crippen LogP contribution in [0.3, 0.4) is 0 Å². The van der Waals surface area contributed by atoms with Crippen LogP contribution in [0.4, 0.5) is 4.39 Å².